The standard InChI is InChI=1S/C31H44N2O8S/c1-22-11-12-26(17-25(22)20-34)42(37,38)33(14-13-32(2)3)19-28(35)24(16-23-8-5-4-6-9-23)18-30(36)41-29-21-40-31-27(29)10-7-15-39-31/h4-6,8-9,11-12,17,24,27-29,31,34-35H,7,10,13-16,18-21H2,1-3H3/t24-,27-,28-,29-,31+/m1/s1. The molecule has 2 heterocycles. The van der Waals surface area contributed by atoms with Crippen LogP contribution < -0.4 is 0 Å². The number of aryl methyl sites for hydroxylation is 1. The third kappa shape index (κ3) is 8.37. The van der Waals surface area contributed by atoms with Gasteiger partial charge in [0.1, 0.15) is 6.10 Å². The molecule has 2 aromatic carbocycles. The van der Waals surface area contributed by atoms with Crippen LogP contribution in [-0.4, -0.2) is 99.2 Å². The van der Waals surface area contributed by atoms with Crippen LogP contribution in [0.15, 0.2) is 53.4 Å². The van der Waals surface area contributed by atoms with Crippen LogP contribution in [0.2, 0.25) is 0 Å². The molecule has 232 valence electrons. The molecule has 2 N–H and O–H groups in total. The minimum absolute atomic E-state index is 0.00909. The van der Waals surface area contributed by atoms with Crippen molar-refractivity contribution in [1.82, 2.24) is 9.21 Å². The number of likely N-dealkylation sites (N-methyl/N-ethyl adjacent to an activating group) is 1. The second-order valence-corrected chi connectivity index (χ2v) is 13.5. The van der Waals surface area contributed by atoms with Crippen molar-refractivity contribution in [1.29, 1.82) is 0 Å². The molecule has 10 nitrogen and oxygen atoms in total. The average molecular weight is 605 g/mol. The molecule has 0 unspecified atom stereocenters. The normalized spacial score (nSPS) is 22.2. The van der Waals surface area contributed by atoms with Gasteiger partial charge in [-0.1, -0.05) is 36.4 Å². The molecule has 42 heavy (non-hydrogen) atoms. The van der Waals surface area contributed by atoms with Crippen molar-refractivity contribution in [2.45, 2.75) is 62.6 Å². The summed E-state index contributed by atoms with van der Waals surface area (Å²) < 4.78 is 46.1. The molecule has 2 aromatic rings. The number of nitrogens with zero attached hydrogens (tertiary/aromatic N) is 2. The number of hydrogen-bond donors (Lipinski definition) is 2. The van der Waals surface area contributed by atoms with Gasteiger partial charge in [0.05, 0.1) is 30.6 Å². The van der Waals surface area contributed by atoms with E-state index in [-0.39, 0.29) is 49.8 Å². The monoisotopic (exact) mass is 604 g/mol. The molecular formula is C31H44N2O8S. The minimum Gasteiger partial charge on any atom is -0.459 e. The third-order valence-electron chi connectivity index (χ3n) is 8.13. The summed E-state index contributed by atoms with van der Waals surface area (Å²) in [5, 5.41) is 21.3. The zero-order valence-electron chi connectivity index (χ0n) is 24.7. The third-order valence-corrected chi connectivity index (χ3v) is 9.99. The Labute approximate surface area is 249 Å². The van der Waals surface area contributed by atoms with Crippen LogP contribution in [0.5, 0.6) is 0 Å². The number of carbonyl (C=O) groups excluding carboxylic acids is 1. The maximum Gasteiger partial charge on any atom is 0.306 e. The number of rotatable bonds is 14. The van der Waals surface area contributed by atoms with Crippen LogP contribution in [0.25, 0.3) is 0 Å². The highest BCUT2D eigenvalue weighted by Gasteiger charge is 2.42. The SMILES string of the molecule is Cc1ccc(S(=O)(=O)N(CCN(C)C)C[C@@H](O)[C@@H](CC(=O)O[C@@H]2CO[C@@H]3OCCC[C@@H]32)Cc2ccccc2)cc1CO. The summed E-state index contributed by atoms with van der Waals surface area (Å²) in [5.74, 6) is -1.06. The van der Waals surface area contributed by atoms with Gasteiger partial charge in [-0.3, -0.25) is 4.79 Å². The van der Waals surface area contributed by atoms with E-state index in [1.807, 2.05) is 56.3 Å². The molecule has 2 saturated heterocycles. The quantitative estimate of drug-likeness (QED) is 0.313. The summed E-state index contributed by atoms with van der Waals surface area (Å²) in [6, 6.07) is 14.2. The summed E-state index contributed by atoms with van der Waals surface area (Å²) in [5.41, 5.74) is 2.24. The number of hydrogen-bond acceptors (Lipinski definition) is 9. The first-order valence-electron chi connectivity index (χ1n) is 14.6. The molecule has 0 spiro atoms. The van der Waals surface area contributed by atoms with Gasteiger partial charge >= 0.3 is 5.97 Å². The largest absolute Gasteiger partial charge is 0.459 e. The van der Waals surface area contributed by atoms with Gasteiger partial charge in [-0.2, -0.15) is 4.31 Å². The number of ether oxygens (including phenoxy) is 3. The van der Waals surface area contributed by atoms with E-state index >= 15 is 0 Å². The van der Waals surface area contributed by atoms with Crippen LogP contribution in [0.4, 0.5) is 0 Å². The van der Waals surface area contributed by atoms with Crippen LogP contribution in [0, 0.1) is 18.8 Å². The fraction of sp³-hybridized carbons (Fsp3) is 0.581. The van der Waals surface area contributed by atoms with Crippen molar-refractivity contribution in [3.8, 4) is 0 Å². The molecule has 0 aliphatic carbocycles. The van der Waals surface area contributed by atoms with Crippen LogP contribution in [0.1, 0.15) is 36.0 Å². The Hall–Kier alpha value is -2.38. The number of benzene rings is 2. The van der Waals surface area contributed by atoms with Gasteiger partial charge in [-0.05, 0) is 69.1 Å². The van der Waals surface area contributed by atoms with Crippen molar-refractivity contribution < 1.29 is 37.6 Å². The molecule has 4 rings (SSSR count). The van der Waals surface area contributed by atoms with Gasteiger partial charge in [0, 0.05) is 38.1 Å². The molecule has 0 aromatic heterocycles. The van der Waals surface area contributed by atoms with Crippen molar-refractivity contribution in [2.75, 3.05) is 46.9 Å². The first-order valence-corrected chi connectivity index (χ1v) is 16.0. The van der Waals surface area contributed by atoms with E-state index in [2.05, 4.69) is 0 Å². The van der Waals surface area contributed by atoms with Gasteiger partial charge in [-0.15, -0.1) is 0 Å². The van der Waals surface area contributed by atoms with Crippen molar-refractivity contribution >= 4 is 16.0 Å². The van der Waals surface area contributed by atoms with Crippen molar-refractivity contribution in [3.05, 3.63) is 65.2 Å². The van der Waals surface area contributed by atoms with Gasteiger partial charge in [0.2, 0.25) is 10.0 Å². The highest BCUT2D eigenvalue weighted by Crippen LogP contribution is 2.33. The molecule has 0 amide bonds. The van der Waals surface area contributed by atoms with E-state index in [4.69, 9.17) is 14.2 Å². The minimum atomic E-state index is -4.02. The summed E-state index contributed by atoms with van der Waals surface area (Å²) in [6.45, 7) is 2.80. The predicted molar refractivity (Wildman–Crippen MR) is 157 cm³/mol. The Morgan fingerprint density at radius 2 is 1.88 bits per heavy atom. The first kappa shape index (κ1) is 32.5. The molecule has 2 aliphatic rings. The number of carbonyl (C=O) groups is 1. The average Bonchev–Trinajstić information content (AvgIpc) is 3.37. The summed E-state index contributed by atoms with van der Waals surface area (Å²) in [7, 11) is -0.325. The molecule has 5 atom stereocenters. The van der Waals surface area contributed by atoms with E-state index in [1.54, 1.807) is 6.07 Å². The van der Waals surface area contributed by atoms with Crippen LogP contribution >= 0.6 is 0 Å². The van der Waals surface area contributed by atoms with Gasteiger partial charge < -0.3 is 29.3 Å². The fourth-order valence-corrected chi connectivity index (χ4v) is 7.04. The predicted octanol–water partition coefficient (Wildman–Crippen LogP) is 2.34. The number of aliphatic hydroxyl groups excluding tert-OH is 2. The van der Waals surface area contributed by atoms with Crippen LogP contribution in [-0.2, 0) is 42.1 Å². The number of sulfonamides is 1. The van der Waals surface area contributed by atoms with Crippen LogP contribution in [0.3, 0.4) is 0 Å². The number of fused-ring (bicyclic) bond motifs is 1. The lowest BCUT2D eigenvalue weighted by molar-refractivity contribution is -0.160. The maximum atomic E-state index is 13.8. The highest BCUT2D eigenvalue weighted by molar-refractivity contribution is 7.89. The van der Waals surface area contributed by atoms with Crippen molar-refractivity contribution in [2.24, 2.45) is 11.8 Å². The van der Waals surface area contributed by atoms with E-state index < -0.39 is 34.1 Å². The molecule has 11 heteroatoms. The first-order chi connectivity index (χ1) is 20.1. The highest BCUT2D eigenvalue weighted by atomic mass is 32.2. The van der Waals surface area contributed by atoms with E-state index in [0.717, 1.165) is 24.0 Å². The molecule has 0 radical (unpaired) electrons. The number of aliphatic hydroxyl groups is 2. The topological polar surface area (TPSA) is 126 Å². The van der Waals surface area contributed by atoms with E-state index in [0.29, 0.717) is 25.1 Å². The maximum absolute atomic E-state index is 13.8. The Morgan fingerprint density at radius 1 is 1.12 bits per heavy atom. The lowest BCUT2D eigenvalue weighted by atomic mass is 9.90. The molecular weight excluding hydrogens is 560 g/mol. The van der Waals surface area contributed by atoms with E-state index in [1.165, 1.54) is 16.4 Å². The van der Waals surface area contributed by atoms with Gasteiger partial charge in [-0.25, -0.2) is 8.42 Å². The second kappa shape index (κ2) is 14.9. The Bertz CT molecular complexity index is 1270. The Kier molecular flexibility index (Phi) is 11.5. The zero-order chi connectivity index (χ0) is 30.3. The van der Waals surface area contributed by atoms with Crippen molar-refractivity contribution in [3.63, 3.8) is 0 Å². The Morgan fingerprint density at radius 3 is 2.60 bits per heavy atom. The number of esters is 1. The summed E-state index contributed by atoms with van der Waals surface area (Å²) >= 11 is 0. The summed E-state index contributed by atoms with van der Waals surface area (Å²) in [6.07, 6.45) is 0.116. The van der Waals surface area contributed by atoms with Gasteiger partial charge in [0.25, 0.3) is 0 Å². The smallest absolute Gasteiger partial charge is 0.306 e. The molecule has 2 aliphatic heterocycles. The lowest BCUT2D eigenvalue weighted by Gasteiger charge is -2.30. The fourth-order valence-electron chi connectivity index (χ4n) is 5.54. The molecule has 0 bridgehead atoms. The van der Waals surface area contributed by atoms with E-state index in [9.17, 15) is 23.4 Å². The Balaban J connectivity index is 1.53. The lowest BCUT2D eigenvalue weighted by Crippen LogP contribution is -2.44. The summed E-state index contributed by atoms with van der Waals surface area (Å²) in [4.78, 5) is 15.1. The van der Waals surface area contributed by atoms with Gasteiger partial charge in [0.15, 0.2) is 6.29 Å². The second-order valence-electron chi connectivity index (χ2n) is 11.5. The zero-order valence-corrected chi connectivity index (χ0v) is 25.5. The molecule has 2 fully saturated rings. The molecule has 0 saturated carbocycles.